The molecule has 0 aliphatic heterocycles. The Bertz CT molecular complexity index is 157. The molecule has 0 bridgehead atoms. The minimum absolute atomic E-state index is 0.127. The summed E-state index contributed by atoms with van der Waals surface area (Å²) in [6, 6.07) is 1.76. The highest BCUT2D eigenvalue weighted by molar-refractivity contribution is 4.66. The van der Waals surface area contributed by atoms with Gasteiger partial charge in [-0.15, -0.1) is 0 Å². The van der Waals surface area contributed by atoms with Crippen LogP contribution in [0.1, 0.15) is 13.8 Å². The summed E-state index contributed by atoms with van der Waals surface area (Å²) in [4.78, 5) is 3.77. The monoisotopic (exact) mass is 174 g/mol. The van der Waals surface area contributed by atoms with Gasteiger partial charge in [0, 0.05) is 6.61 Å². The molecule has 0 aliphatic carbocycles. The van der Waals surface area contributed by atoms with Crippen molar-refractivity contribution in [2.45, 2.75) is 13.8 Å². The molecule has 0 amide bonds. The molecule has 0 heterocycles. The highest BCUT2D eigenvalue weighted by Gasteiger charge is 2.17. The van der Waals surface area contributed by atoms with Crippen molar-refractivity contribution in [2.75, 3.05) is 26.5 Å². The van der Waals surface area contributed by atoms with Gasteiger partial charge in [0.15, 0.2) is 6.54 Å². The van der Waals surface area contributed by atoms with Crippen LogP contribution in [0, 0.1) is 16.5 Å². The first-order valence-electron chi connectivity index (χ1n) is 3.86. The molecule has 0 aliphatic rings. The first-order chi connectivity index (χ1) is 5.68. The second kappa shape index (κ2) is 5.91. The number of hydrogen-bond donors (Lipinski definition) is 0. The first-order valence-corrected chi connectivity index (χ1v) is 3.86. The smallest absolute Gasteiger partial charge is 0.213 e. The zero-order chi connectivity index (χ0) is 9.45. The van der Waals surface area contributed by atoms with E-state index >= 15 is 0 Å². The number of nitrogens with zero attached hydrogens (tertiary/aromatic N) is 2. The lowest BCUT2D eigenvalue weighted by molar-refractivity contribution is -1.08. The van der Waals surface area contributed by atoms with Gasteiger partial charge in [0.25, 0.3) is 0 Å². The molecule has 5 heteroatoms. The van der Waals surface area contributed by atoms with Gasteiger partial charge in [-0.05, 0) is 13.8 Å². The van der Waals surface area contributed by atoms with E-state index in [-0.39, 0.29) is 19.9 Å². The van der Waals surface area contributed by atoms with Crippen LogP contribution in [0.3, 0.4) is 0 Å². The van der Waals surface area contributed by atoms with Gasteiger partial charge in [-0.25, -0.2) is 0 Å². The molecule has 0 saturated heterocycles. The highest BCUT2D eigenvalue weighted by atomic mass is 16.9. The number of hydroxylamine groups is 4. The molecule has 0 radical (unpaired) electrons. The molecule has 0 saturated carbocycles. The van der Waals surface area contributed by atoms with Crippen LogP contribution in [-0.2, 0) is 9.57 Å². The van der Waals surface area contributed by atoms with Gasteiger partial charge in [-0.3, -0.25) is 0 Å². The summed E-state index contributed by atoms with van der Waals surface area (Å²) in [5.41, 5.74) is 0. The van der Waals surface area contributed by atoms with Crippen molar-refractivity contribution in [1.29, 1.82) is 5.26 Å². The molecule has 12 heavy (non-hydrogen) atoms. The summed E-state index contributed by atoms with van der Waals surface area (Å²) in [6.07, 6.45) is 0. The van der Waals surface area contributed by atoms with Crippen molar-refractivity contribution in [2.24, 2.45) is 0 Å². The van der Waals surface area contributed by atoms with Gasteiger partial charge < -0.3 is 9.94 Å². The Morgan fingerprint density at radius 2 is 2.08 bits per heavy atom. The summed E-state index contributed by atoms with van der Waals surface area (Å²) in [5.74, 6) is 0. The van der Waals surface area contributed by atoms with E-state index in [2.05, 4.69) is 0 Å². The molecule has 0 aromatic carbocycles. The molecule has 70 valence electrons. The molecule has 1 atom stereocenters. The lowest BCUT2D eigenvalue weighted by Gasteiger charge is -2.35. The van der Waals surface area contributed by atoms with Crippen LogP contribution in [-0.4, -0.2) is 31.3 Å². The second-order valence-electron chi connectivity index (χ2n) is 2.17. The summed E-state index contributed by atoms with van der Waals surface area (Å²) >= 11 is 0. The van der Waals surface area contributed by atoms with Crippen molar-refractivity contribution in [3.63, 3.8) is 0 Å². The van der Waals surface area contributed by atoms with Crippen LogP contribution in [0.15, 0.2) is 0 Å². The maximum atomic E-state index is 11.4. The fourth-order valence-corrected chi connectivity index (χ4v) is 0.702. The van der Waals surface area contributed by atoms with E-state index in [1.807, 2.05) is 0 Å². The maximum Gasteiger partial charge on any atom is 0.213 e. The third kappa shape index (κ3) is 4.26. The highest BCUT2D eigenvalue weighted by Crippen LogP contribution is 2.04. The molecular weight excluding hydrogens is 160 g/mol. The summed E-state index contributed by atoms with van der Waals surface area (Å²) < 4.78 is 4.89. The Labute approximate surface area is 72.2 Å². The fraction of sp³-hybridized carbons (Fsp3) is 0.857. The summed E-state index contributed by atoms with van der Waals surface area (Å²) in [6.45, 7) is 3.83. The van der Waals surface area contributed by atoms with Crippen LogP contribution >= 0.6 is 0 Å². The molecule has 5 nitrogen and oxygen atoms in total. The lowest BCUT2D eigenvalue weighted by Crippen LogP contribution is -2.44. The zero-order valence-electron chi connectivity index (χ0n) is 7.45. The number of quaternary nitrogens is 1. The average molecular weight is 174 g/mol. The van der Waals surface area contributed by atoms with E-state index in [0.717, 1.165) is 0 Å². The SMILES string of the molecule is CCOC[N+]([O-])(CC#N)OCC. The number of rotatable bonds is 6. The summed E-state index contributed by atoms with van der Waals surface area (Å²) in [5, 5.41) is 19.8. The van der Waals surface area contributed by atoms with Gasteiger partial charge in [0.05, 0.1) is 0 Å². The van der Waals surface area contributed by atoms with E-state index in [1.54, 1.807) is 19.9 Å². The van der Waals surface area contributed by atoms with E-state index in [4.69, 9.17) is 14.8 Å². The fourth-order valence-electron chi connectivity index (χ4n) is 0.702. The van der Waals surface area contributed by atoms with E-state index in [1.165, 1.54) is 0 Å². The van der Waals surface area contributed by atoms with E-state index in [9.17, 15) is 5.21 Å². The van der Waals surface area contributed by atoms with Crippen LogP contribution in [0.5, 0.6) is 0 Å². The third-order valence-electron chi connectivity index (χ3n) is 1.17. The first kappa shape index (κ1) is 11.3. The standard InChI is InChI=1S/C7H14N2O3/c1-3-11-7-9(10,6-5-8)12-4-2/h3-4,6-7H2,1-2H3. The third-order valence-corrected chi connectivity index (χ3v) is 1.17. The van der Waals surface area contributed by atoms with Gasteiger partial charge >= 0.3 is 0 Å². The molecule has 0 spiro atoms. The Kier molecular flexibility index (Phi) is 5.58. The van der Waals surface area contributed by atoms with Crippen molar-refractivity contribution < 1.29 is 14.4 Å². The molecule has 0 N–H and O–H groups in total. The van der Waals surface area contributed by atoms with Crippen LogP contribution in [0.2, 0.25) is 0 Å². The average Bonchev–Trinajstić information content (AvgIpc) is 2.02. The second-order valence-corrected chi connectivity index (χ2v) is 2.17. The predicted octanol–water partition coefficient (Wildman–Crippen LogP) is 0.770. The Balaban J connectivity index is 3.91. The molecular formula is C7H14N2O3. The number of hydrogen-bond acceptors (Lipinski definition) is 4. The zero-order valence-corrected chi connectivity index (χ0v) is 7.45. The van der Waals surface area contributed by atoms with Gasteiger partial charge in [-0.1, -0.05) is 0 Å². The molecule has 0 aromatic heterocycles. The minimum atomic E-state index is -1.04. The van der Waals surface area contributed by atoms with E-state index < -0.39 is 4.81 Å². The van der Waals surface area contributed by atoms with Gasteiger partial charge in [-0.2, -0.15) is 14.9 Å². The van der Waals surface area contributed by atoms with E-state index in [0.29, 0.717) is 6.61 Å². The minimum Gasteiger partial charge on any atom is -0.596 e. The Hall–Kier alpha value is -0.670. The number of nitriles is 1. The lowest BCUT2D eigenvalue weighted by atomic mass is 10.7. The maximum absolute atomic E-state index is 11.4. The largest absolute Gasteiger partial charge is 0.596 e. The number of ether oxygens (including phenoxy) is 1. The molecule has 0 fully saturated rings. The predicted molar refractivity (Wildman–Crippen MR) is 42.2 cm³/mol. The Morgan fingerprint density at radius 3 is 2.50 bits per heavy atom. The van der Waals surface area contributed by atoms with Gasteiger partial charge in [0.2, 0.25) is 6.73 Å². The molecule has 0 aromatic rings. The van der Waals surface area contributed by atoms with Crippen molar-refractivity contribution in [3.8, 4) is 6.07 Å². The molecule has 0 rings (SSSR count). The normalized spacial score (nSPS) is 15.2. The van der Waals surface area contributed by atoms with Crippen molar-refractivity contribution in [3.05, 3.63) is 5.21 Å². The van der Waals surface area contributed by atoms with Crippen molar-refractivity contribution in [1.82, 2.24) is 0 Å². The van der Waals surface area contributed by atoms with Gasteiger partial charge in [0.1, 0.15) is 12.7 Å². The quantitative estimate of drug-likeness (QED) is 0.258. The van der Waals surface area contributed by atoms with Crippen LogP contribution < -0.4 is 0 Å². The Morgan fingerprint density at radius 1 is 1.42 bits per heavy atom. The molecule has 1 unspecified atom stereocenters. The summed E-state index contributed by atoms with van der Waals surface area (Å²) in [7, 11) is 0. The topological polar surface area (TPSA) is 65.3 Å². The van der Waals surface area contributed by atoms with Crippen LogP contribution in [0.25, 0.3) is 0 Å². The van der Waals surface area contributed by atoms with Crippen LogP contribution in [0.4, 0.5) is 0 Å². The van der Waals surface area contributed by atoms with Crippen molar-refractivity contribution >= 4 is 0 Å².